The standard InChI is InChI=1S/C11H18O2/c12-11(13)10-7-8-5-3-1-2-4-6-9(8)10/h8-10H,1-7H2,(H,12,13). The molecule has 2 saturated carbocycles. The predicted octanol–water partition coefficient (Wildman–Crippen LogP) is 2.68. The zero-order valence-electron chi connectivity index (χ0n) is 8.04. The van der Waals surface area contributed by atoms with Crippen molar-refractivity contribution in [3.63, 3.8) is 0 Å². The van der Waals surface area contributed by atoms with E-state index in [-0.39, 0.29) is 5.92 Å². The summed E-state index contributed by atoms with van der Waals surface area (Å²) in [6, 6.07) is 0. The lowest BCUT2D eigenvalue weighted by Crippen LogP contribution is -2.41. The topological polar surface area (TPSA) is 37.3 Å². The van der Waals surface area contributed by atoms with Crippen LogP contribution in [0.4, 0.5) is 0 Å². The van der Waals surface area contributed by atoms with Crippen molar-refractivity contribution in [2.45, 2.75) is 44.9 Å². The van der Waals surface area contributed by atoms with Gasteiger partial charge in [-0.3, -0.25) is 4.79 Å². The van der Waals surface area contributed by atoms with E-state index in [0.29, 0.717) is 5.92 Å². The van der Waals surface area contributed by atoms with Crippen LogP contribution in [0.15, 0.2) is 0 Å². The van der Waals surface area contributed by atoms with Crippen molar-refractivity contribution in [1.29, 1.82) is 0 Å². The Morgan fingerprint density at radius 1 is 1.08 bits per heavy atom. The van der Waals surface area contributed by atoms with Crippen LogP contribution in [-0.4, -0.2) is 11.1 Å². The van der Waals surface area contributed by atoms with Crippen LogP contribution in [-0.2, 0) is 4.79 Å². The molecule has 0 saturated heterocycles. The molecule has 2 rings (SSSR count). The lowest BCUT2D eigenvalue weighted by molar-refractivity contribution is -0.152. The minimum atomic E-state index is -0.554. The minimum absolute atomic E-state index is 0.00287. The second kappa shape index (κ2) is 3.69. The summed E-state index contributed by atoms with van der Waals surface area (Å²) in [5.74, 6) is 0.726. The highest BCUT2D eigenvalue weighted by molar-refractivity contribution is 5.71. The number of carboxylic acids is 1. The van der Waals surface area contributed by atoms with Crippen molar-refractivity contribution in [3.05, 3.63) is 0 Å². The molecule has 2 aliphatic rings. The Hall–Kier alpha value is -0.530. The Labute approximate surface area is 79.3 Å². The number of fused-ring (bicyclic) bond motifs is 1. The Morgan fingerprint density at radius 2 is 1.77 bits per heavy atom. The molecular weight excluding hydrogens is 164 g/mol. The Balaban J connectivity index is 1.92. The molecule has 3 atom stereocenters. The van der Waals surface area contributed by atoms with Crippen LogP contribution in [0.5, 0.6) is 0 Å². The summed E-state index contributed by atoms with van der Waals surface area (Å²) in [6.45, 7) is 0. The van der Waals surface area contributed by atoms with Crippen molar-refractivity contribution in [2.75, 3.05) is 0 Å². The first kappa shape index (κ1) is 9.04. The van der Waals surface area contributed by atoms with E-state index in [0.717, 1.165) is 12.3 Å². The van der Waals surface area contributed by atoms with E-state index >= 15 is 0 Å². The summed E-state index contributed by atoms with van der Waals surface area (Å²) in [4.78, 5) is 10.8. The summed E-state index contributed by atoms with van der Waals surface area (Å²) < 4.78 is 0. The number of carboxylic acid groups (broad SMARTS) is 1. The van der Waals surface area contributed by atoms with Crippen LogP contribution in [0.3, 0.4) is 0 Å². The van der Waals surface area contributed by atoms with Gasteiger partial charge in [0.1, 0.15) is 0 Å². The van der Waals surface area contributed by atoms with E-state index in [1.807, 2.05) is 0 Å². The van der Waals surface area contributed by atoms with E-state index in [4.69, 9.17) is 5.11 Å². The molecular formula is C11H18O2. The Morgan fingerprint density at radius 3 is 2.46 bits per heavy atom. The maximum absolute atomic E-state index is 10.8. The molecule has 2 fully saturated rings. The molecule has 1 N–H and O–H groups in total. The van der Waals surface area contributed by atoms with E-state index < -0.39 is 5.97 Å². The summed E-state index contributed by atoms with van der Waals surface area (Å²) >= 11 is 0. The lowest BCUT2D eigenvalue weighted by atomic mass is 9.60. The van der Waals surface area contributed by atoms with E-state index in [1.165, 1.54) is 38.5 Å². The number of rotatable bonds is 1. The van der Waals surface area contributed by atoms with Crippen LogP contribution in [0.1, 0.15) is 44.9 Å². The zero-order valence-corrected chi connectivity index (χ0v) is 8.04. The maximum atomic E-state index is 10.8. The first-order valence-electron chi connectivity index (χ1n) is 5.52. The van der Waals surface area contributed by atoms with Gasteiger partial charge in [0.15, 0.2) is 0 Å². The molecule has 2 aliphatic carbocycles. The van der Waals surface area contributed by atoms with E-state index in [9.17, 15) is 4.79 Å². The van der Waals surface area contributed by atoms with Crippen molar-refractivity contribution in [1.82, 2.24) is 0 Å². The van der Waals surface area contributed by atoms with Gasteiger partial charge in [-0.2, -0.15) is 0 Å². The van der Waals surface area contributed by atoms with Gasteiger partial charge in [0.25, 0.3) is 0 Å². The maximum Gasteiger partial charge on any atom is 0.306 e. The van der Waals surface area contributed by atoms with Crippen molar-refractivity contribution in [2.24, 2.45) is 17.8 Å². The molecule has 0 aromatic carbocycles. The van der Waals surface area contributed by atoms with Crippen LogP contribution in [0.25, 0.3) is 0 Å². The van der Waals surface area contributed by atoms with Gasteiger partial charge in [0.2, 0.25) is 0 Å². The van der Waals surface area contributed by atoms with Gasteiger partial charge in [-0.25, -0.2) is 0 Å². The molecule has 0 aromatic rings. The number of aliphatic carboxylic acids is 1. The molecule has 0 aliphatic heterocycles. The molecule has 2 heteroatoms. The van der Waals surface area contributed by atoms with Crippen LogP contribution in [0.2, 0.25) is 0 Å². The van der Waals surface area contributed by atoms with Crippen LogP contribution >= 0.6 is 0 Å². The molecule has 13 heavy (non-hydrogen) atoms. The first-order chi connectivity index (χ1) is 6.29. The second-order valence-electron chi connectivity index (χ2n) is 4.60. The highest BCUT2D eigenvalue weighted by Gasteiger charge is 2.44. The van der Waals surface area contributed by atoms with Gasteiger partial charge < -0.3 is 5.11 Å². The second-order valence-corrected chi connectivity index (χ2v) is 4.60. The predicted molar refractivity (Wildman–Crippen MR) is 50.4 cm³/mol. The third-order valence-electron chi connectivity index (χ3n) is 3.86. The number of hydrogen-bond acceptors (Lipinski definition) is 1. The smallest absolute Gasteiger partial charge is 0.306 e. The van der Waals surface area contributed by atoms with Crippen molar-refractivity contribution >= 4 is 5.97 Å². The monoisotopic (exact) mass is 182 g/mol. The average molecular weight is 182 g/mol. The molecule has 0 bridgehead atoms. The third-order valence-corrected chi connectivity index (χ3v) is 3.86. The summed E-state index contributed by atoms with van der Waals surface area (Å²) in [5, 5.41) is 8.93. The van der Waals surface area contributed by atoms with Crippen molar-refractivity contribution < 1.29 is 9.90 Å². The van der Waals surface area contributed by atoms with Gasteiger partial charge in [-0.15, -0.1) is 0 Å². The summed E-state index contributed by atoms with van der Waals surface area (Å²) in [7, 11) is 0. The van der Waals surface area contributed by atoms with Crippen LogP contribution < -0.4 is 0 Å². The molecule has 2 nitrogen and oxygen atoms in total. The fourth-order valence-corrected chi connectivity index (χ4v) is 3.00. The number of carbonyl (C=O) groups is 1. The zero-order chi connectivity index (χ0) is 9.26. The van der Waals surface area contributed by atoms with Gasteiger partial charge >= 0.3 is 5.97 Å². The largest absolute Gasteiger partial charge is 0.481 e. The SMILES string of the molecule is O=C(O)C1CC2CCCCCCC21. The van der Waals surface area contributed by atoms with Crippen LogP contribution in [0, 0.1) is 17.8 Å². The summed E-state index contributed by atoms with van der Waals surface area (Å²) in [6.07, 6.45) is 8.67. The Bertz CT molecular complexity index is 200. The van der Waals surface area contributed by atoms with E-state index in [1.54, 1.807) is 0 Å². The fourth-order valence-electron chi connectivity index (χ4n) is 3.00. The van der Waals surface area contributed by atoms with Crippen molar-refractivity contribution in [3.8, 4) is 0 Å². The minimum Gasteiger partial charge on any atom is -0.481 e. The molecule has 0 aromatic heterocycles. The third kappa shape index (κ3) is 1.72. The normalized spacial score (nSPS) is 39.5. The first-order valence-corrected chi connectivity index (χ1v) is 5.52. The lowest BCUT2D eigenvalue weighted by Gasteiger charge is -2.43. The van der Waals surface area contributed by atoms with Gasteiger partial charge in [0, 0.05) is 0 Å². The van der Waals surface area contributed by atoms with E-state index in [2.05, 4.69) is 0 Å². The highest BCUT2D eigenvalue weighted by atomic mass is 16.4. The molecule has 74 valence electrons. The molecule has 0 amide bonds. The fraction of sp³-hybridized carbons (Fsp3) is 0.909. The molecule has 0 heterocycles. The van der Waals surface area contributed by atoms with Gasteiger partial charge in [0.05, 0.1) is 5.92 Å². The molecule has 0 spiro atoms. The average Bonchev–Trinajstić information content (AvgIpc) is 2.03. The van der Waals surface area contributed by atoms with Gasteiger partial charge in [-0.05, 0) is 24.7 Å². The molecule has 3 unspecified atom stereocenters. The Kier molecular flexibility index (Phi) is 2.56. The summed E-state index contributed by atoms with van der Waals surface area (Å²) in [5.41, 5.74) is 0. The quantitative estimate of drug-likeness (QED) is 0.677. The number of hydrogen-bond donors (Lipinski definition) is 1. The van der Waals surface area contributed by atoms with Gasteiger partial charge in [-0.1, -0.05) is 32.1 Å². The molecule has 0 radical (unpaired) electrons. The highest BCUT2D eigenvalue weighted by Crippen LogP contribution is 2.47.